The van der Waals surface area contributed by atoms with Crippen LogP contribution in [0.1, 0.15) is 24.0 Å². The van der Waals surface area contributed by atoms with Crippen molar-refractivity contribution in [2.75, 3.05) is 0 Å². The summed E-state index contributed by atoms with van der Waals surface area (Å²) >= 11 is 0. The molecule has 2 heterocycles. The molecule has 2 aromatic heterocycles. The van der Waals surface area contributed by atoms with E-state index in [2.05, 4.69) is 28.2 Å². The molecule has 0 atom stereocenters. The Morgan fingerprint density at radius 2 is 1.55 bits per heavy atom. The Labute approximate surface area is 119 Å². The first-order chi connectivity index (χ1) is 9.93. The minimum atomic E-state index is 1.06. The molecule has 4 rings (SSSR count). The normalized spacial score (nSPS) is 13.2. The fourth-order valence-electron chi connectivity index (χ4n) is 2.57. The smallest absolute Gasteiger partial charge is 0.0701 e. The zero-order chi connectivity index (χ0) is 13.6. The summed E-state index contributed by atoms with van der Waals surface area (Å²) in [6.07, 6.45) is 10.9. The van der Waals surface area contributed by atoms with Crippen LogP contribution < -0.4 is 0 Å². The van der Waals surface area contributed by atoms with Crippen molar-refractivity contribution in [2.45, 2.75) is 25.7 Å². The average Bonchev–Trinajstić information content (AvgIpc) is 2.56. The molecule has 0 N–H and O–H groups in total. The van der Waals surface area contributed by atoms with Crippen molar-refractivity contribution in [2.24, 2.45) is 0 Å². The summed E-state index contributed by atoms with van der Waals surface area (Å²) < 4.78 is 0. The van der Waals surface area contributed by atoms with Gasteiger partial charge in [0.05, 0.1) is 5.52 Å². The number of nitrogens with zero attached hydrogens (tertiary/aromatic N) is 2. The van der Waals surface area contributed by atoms with Crippen LogP contribution >= 0.6 is 0 Å². The molecule has 2 heteroatoms. The van der Waals surface area contributed by atoms with Gasteiger partial charge >= 0.3 is 0 Å². The van der Waals surface area contributed by atoms with Crippen LogP contribution in [0, 0.1) is 0 Å². The number of pyridine rings is 2. The fourth-order valence-corrected chi connectivity index (χ4v) is 2.57. The van der Waals surface area contributed by atoms with Gasteiger partial charge in [0.2, 0.25) is 0 Å². The van der Waals surface area contributed by atoms with Gasteiger partial charge in [0.25, 0.3) is 0 Å². The van der Waals surface area contributed by atoms with E-state index in [1.54, 1.807) is 0 Å². The third-order valence-electron chi connectivity index (χ3n) is 3.66. The first-order valence-electron chi connectivity index (χ1n) is 7.15. The van der Waals surface area contributed by atoms with E-state index in [1.807, 2.05) is 42.9 Å². The topological polar surface area (TPSA) is 25.8 Å². The van der Waals surface area contributed by atoms with Gasteiger partial charge in [-0.05, 0) is 55.0 Å². The fraction of sp³-hybridized carbons (Fsp3) is 0.222. The van der Waals surface area contributed by atoms with Crippen LogP contribution in [0.15, 0.2) is 61.1 Å². The van der Waals surface area contributed by atoms with Gasteiger partial charge in [0.15, 0.2) is 0 Å². The summed E-state index contributed by atoms with van der Waals surface area (Å²) in [4.78, 5) is 8.28. The van der Waals surface area contributed by atoms with Gasteiger partial charge in [-0.3, -0.25) is 9.97 Å². The Morgan fingerprint density at radius 3 is 2.40 bits per heavy atom. The summed E-state index contributed by atoms with van der Waals surface area (Å²) in [7, 11) is 0. The second kappa shape index (κ2) is 6.29. The summed E-state index contributed by atoms with van der Waals surface area (Å²) in [6.45, 7) is 0. The predicted octanol–water partition coefficient (Wildman–Crippen LogP) is 4.20. The molecule has 1 aliphatic carbocycles. The molecule has 0 saturated carbocycles. The van der Waals surface area contributed by atoms with Gasteiger partial charge < -0.3 is 0 Å². The molecule has 0 aliphatic heterocycles. The third kappa shape index (κ3) is 3.02. The Balaban J connectivity index is 0.000000121. The van der Waals surface area contributed by atoms with Crippen molar-refractivity contribution >= 4 is 10.9 Å². The number of rotatable bonds is 0. The van der Waals surface area contributed by atoms with Crippen LogP contribution in [0.3, 0.4) is 0 Å². The summed E-state index contributed by atoms with van der Waals surface area (Å²) in [5.41, 5.74) is 4.04. The van der Waals surface area contributed by atoms with E-state index in [-0.39, 0.29) is 0 Å². The van der Waals surface area contributed by atoms with Crippen molar-refractivity contribution in [3.8, 4) is 0 Å². The van der Waals surface area contributed by atoms with Crippen LogP contribution in [0.4, 0.5) is 0 Å². The highest BCUT2D eigenvalue weighted by Gasteiger charge is 2.06. The molecule has 0 fully saturated rings. The molecule has 100 valence electrons. The number of hydrogen-bond acceptors (Lipinski definition) is 2. The first-order valence-corrected chi connectivity index (χ1v) is 7.15. The Kier molecular flexibility index (Phi) is 4.02. The van der Waals surface area contributed by atoms with Crippen molar-refractivity contribution in [1.29, 1.82) is 0 Å². The quantitative estimate of drug-likeness (QED) is 0.607. The van der Waals surface area contributed by atoms with Crippen LogP contribution in [0.25, 0.3) is 10.9 Å². The minimum Gasteiger partial charge on any atom is -0.264 e. The molecule has 20 heavy (non-hydrogen) atoms. The lowest BCUT2D eigenvalue weighted by molar-refractivity contribution is 0.682. The third-order valence-corrected chi connectivity index (χ3v) is 3.66. The van der Waals surface area contributed by atoms with E-state index in [0.717, 1.165) is 5.52 Å². The molecule has 3 aromatic rings. The number of fused-ring (bicyclic) bond motifs is 2. The van der Waals surface area contributed by atoms with Crippen LogP contribution in [-0.2, 0) is 12.8 Å². The number of aryl methyl sites for hydroxylation is 2. The van der Waals surface area contributed by atoms with Gasteiger partial charge in [-0.25, -0.2) is 0 Å². The Bertz CT molecular complexity index is 601. The van der Waals surface area contributed by atoms with E-state index in [0.29, 0.717) is 0 Å². The summed E-state index contributed by atoms with van der Waals surface area (Å²) in [5.74, 6) is 0. The lowest BCUT2D eigenvalue weighted by Gasteiger charge is -2.13. The molecular weight excluding hydrogens is 244 g/mol. The zero-order valence-corrected chi connectivity index (χ0v) is 11.5. The molecular formula is C18H18N2. The van der Waals surface area contributed by atoms with Crippen LogP contribution in [0.5, 0.6) is 0 Å². The largest absolute Gasteiger partial charge is 0.264 e. The molecule has 1 aliphatic rings. The zero-order valence-electron chi connectivity index (χ0n) is 11.5. The van der Waals surface area contributed by atoms with Gasteiger partial charge in [-0.15, -0.1) is 0 Å². The standard InChI is InChI=1S/C9H7N.C9H11N/c1-2-6-9-8(4-1)5-3-7-10-9;1-2-4-9-7-10-6-5-8(9)3-1/h1-7H;5-7H,1-4H2. The van der Waals surface area contributed by atoms with Gasteiger partial charge in [0, 0.05) is 24.0 Å². The second-order valence-corrected chi connectivity index (χ2v) is 5.05. The highest BCUT2D eigenvalue weighted by atomic mass is 14.6. The molecule has 0 unspecified atom stereocenters. The highest BCUT2D eigenvalue weighted by molar-refractivity contribution is 5.77. The second-order valence-electron chi connectivity index (χ2n) is 5.05. The van der Waals surface area contributed by atoms with Crippen LogP contribution in [-0.4, -0.2) is 9.97 Å². The van der Waals surface area contributed by atoms with E-state index >= 15 is 0 Å². The number of aromatic nitrogens is 2. The molecule has 0 amide bonds. The van der Waals surface area contributed by atoms with Crippen LogP contribution in [0.2, 0.25) is 0 Å². The molecule has 1 aromatic carbocycles. The van der Waals surface area contributed by atoms with E-state index in [4.69, 9.17) is 0 Å². The lowest BCUT2D eigenvalue weighted by Crippen LogP contribution is -2.01. The number of benzene rings is 1. The molecule has 0 spiro atoms. The molecule has 0 radical (unpaired) electrons. The number of para-hydroxylation sites is 1. The maximum Gasteiger partial charge on any atom is 0.0701 e. The molecule has 0 bridgehead atoms. The van der Waals surface area contributed by atoms with Gasteiger partial charge in [-0.2, -0.15) is 0 Å². The van der Waals surface area contributed by atoms with E-state index in [1.165, 1.54) is 42.2 Å². The van der Waals surface area contributed by atoms with Gasteiger partial charge in [0.1, 0.15) is 0 Å². The van der Waals surface area contributed by atoms with E-state index < -0.39 is 0 Å². The van der Waals surface area contributed by atoms with Crippen molar-refractivity contribution in [1.82, 2.24) is 9.97 Å². The first kappa shape index (κ1) is 12.8. The maximum absolute atomic E-state index is 4.18. The van der Waals surface area contributed by atoms with Gasteiger partial charge in [-0.1, -0.05) is 24.3 Å². The molecule has 2 nitrogen and oxygen atoms in total. The van der Waals surface area contributed by atoms with Crippen molar-refractivity contribution < 1.29 is 0 Å². The highest BCUT2D eigenvalue weighted by Crippen LogP contribution is 2.18. The Hall–Kier alpha value is -2.22. The summed E-state index contributed by atoms with van der Waals surface area (Å²) in [5, 5.41) is 1.20. The minimum absolute atomic E-state index is 1.06. The maximum atomic E-state index is 4.18. The Morgan fingerprint density at radius 1 is 0.750 bits per heavy atom. The average molecular weight is 262 g/mol. The predicted molar refractivity (Wildman–Crippen MR) is 82.6 cm³/mol. The number of hydrogen-bond donors (Lipinski definition) is 0. The molecule has 0 saturated heterocycles. The summed E-state index contributed by atoms with van der Waals surface area (Å²) in [6, 6.07) is 14.2. The van der Waals surface area contributed by atoms with E-state index in [9.17, 15) is 0 Å². The van der Waals surface area contributed by atoms with Crippen molar-refractivity contribution in [3.63, 3.8) is 0 Å². The SMILES string of the molecule is c1cc2c(cn1)CCCC2.c1ccc2ncccc2c1. The lowest BCUT2D eigenvalue weighted by atomic mass is 9.94. The van der Waals surface area contributed by atoms with Crippen molar-refractivity contribution in [3.05, 3.63) is 72.2 Å². The monoisotopic (exact) mass is 262 g/mol.